The zero-order chi connectivity index (χ0) is 14.0. The van der Waals surface area contributed by atoms with E-state index in [0.29, 0.717) is 0 Å². The molecule has 0 amide bonds. The summed E-state index contributed by atoms with van der Waals surface area (Å²) < 4.78 is 5.47. The van der Waals surface area contributed by atoms with Gasteiger partial charge in [0.25, 0.3) is 0 Å². The number of hydrogen-bond acceptors (Lipinski definition) is 3. The number of nitrogens with one attached hydrogen (secondary N) is 1. The molecular formula is C15H18ClNOS. The molecule has 2 aromatic rings. The van der Waals surface area contributed by atoms with Gasteiger partial charge in [0.2, 0.25) is 0 Å². The van der Waals surface area contributed by atoms with Gasteiger partial charge in [0.15, 0.2) is 0 Å². The zero-order valence-corrected chi connectivity index (χ0v) is 13.2. The molecule has 0 spiro atoms. The summed E-state index contributed by atoms with van der Waals surface area (Å²) in [5.74, 6) is 0.882. The van der Waals surface area contributed by atoms with Crippen LogP contribution in [0.4, 0.5) is 0 Å². The Bertz CT molecular complexity index is 580. The lowest BCUT2D eigenvalue weighted by molar-refractivity contribution is 0.405. The van der Waals surface area contributed by atoms with Crippen molar-refractivity contribution >= 4 is 22.9 Å². The van der Waals surface area contributed by atoms with Crippen LogP contribution >= 0.6 is 22.9 Å². The maximum atomic E-state index is 6.40. The lowest BCUT2D eigenvalue weighted by Gasteiger charge is -2.19. The molecule has 1 aromatic heterocycles. The molecule has 0 bridgehead atoms. The maximum Gasteiger partial charge on any atom is 0.124 e. The van der Waals surface area contributed by atoms with Gasteiger partial charge in [-0.2, -0.15) is 0 Å². The van der Waals surface area contributed by atoms with Gasteiger partial charge in [-0.3, -0.25) is 0 Å². The van der Waals surface area contributed by atoms with Gasteiger partial charge in [-0.15, -0.1) is 11.3 Å². The van der Waals surface area contributed by atoms with E-state index in [-0.39, 0.29) is 6.04 Å². The highest BCUT2D eigenvalue weighted by Crippen LogP contribution is 2.38. The van der Waals surface area contributed by atoms with Crippen molar-refractivity contribution in [1.82, 2.24) is 5.32 Å². The van der Waals surface area contributed by atoms with Crippen molar-refractivity contribution in [3.05, 3.63) is 50.2 Å². The van der Waals surface area contributed by atoms with Crippen molar-refractivity contribution in [2.24, 2.45) is 0 Å². The molecule has 4 heteroatoms. The van der Waals surface area contributed by atoms with E-state index in [0.717, 1.165) is 26.8 Å². The van der Waals surface area contributed by atoms with Crippen LogP contribution in [0.1, 0.15) is 27.6 Å². The lowest BCUT2D eigenvalue weighted by Crippen LogP contribution is -2.18. The highest BCUT2D eigenvalue weighted by atomic mass is 35.5. The Balaban J connectivity index is 2.53. The van der Waals surface area contributed by atoms with E-state index in [9.17, 15) is 0 Å². The van der Waals surface area contributed by atoms with Gasteiger partial charge in [0.1, 0.15) is 5.75 Å². The third-order valence-corrected chi connectivity index (χ3v) is 4.95. The number of aryl methyl sites for hydroxylation is 2. The number of thiophene rings is 1. The fourth-order valence-corrected chi connectivity index (χ4v) is 3.58. The van der Waals surface area contributed by atoms with Crippen molar-refractivity contribution in [3.8, 4) is 5.75 Å². The fourth-order valence-electron chi connectivity index (χ4n) is 2.15. The van der Waals surface area contributed by atoms with Gasteiger partial charge in [-0.25, -0.2) is 0 Å². The average Bonchev–Trinajstić information content (AvgIpc) is 2.72. The molecule has 2 rings (SSSR count). The lowest BCUT2D eigenvalue weighted by atomic mass is 10.0. The van der Waals surface area contributed by atoms with E-state index < -0.39 is 0 Å². The van der Waals surface area contributed by atoms with Gasteiger partial charge in [0, 0.05) is 10.4 Å². The van der Waals surface area contributed by atoms with E-state index >= 15 is 0 Å². The molecule has 0 radical (unpaired) electrons. The average molecular weight is 296 g/mol. The molecule has 1 atom stereocenters. The Morgan fingerprint density at radius 1 is 1.32 bits per heavy atom. The van der Waals surface area contributed by atoms with E-state index in [1.165, 1.54) is 5.56 Å². The summed E-state index contributed by atoms with van der Waals surface area (Å²) in [6, 6.07) is 6.26. The van der Waals surface area contributed by atoms with Crippen LogP contribution in [0.5, 0.6) is 5.75 Å². The minimum Gasteiger partial charge on any atom is -0.496 e. The van der Waals surface area contributed by atoms with Crippen LogP contribution in [0.3, 0.4) is 0 Å². The monoisotopic (exact) mass is 295 g/mol. The first kappa shape index (κ1) is 14.4. The quantitative estimate of drug-likeness (QED) is 0.906. The van der Waals surface area contributed by atoms with Gasteiger partial charge in [-0.1, -0.05) is 29.3 Å². The van der Waals surface area contributed by atoms with Gasteiger partial charge >= 0.3 is 0 Å². The number of methoxy groups -OCH3 is 1. The molecule has 2 nitrogen and oxygen atoms in total. The first-order valence-corrected chi connectivity index (χ1v) is 7.39. The molecule has 0 aliphatic rings. The smallest absolute Gasteiger partial charge is 0.124 e. The number of hydrogen-bond donors (Lipinski definition) is 1. The summed E-state index contributed by atoms with van der Waals surface area (Å²) in [6.07, 6.45) is 0. The topological polar surface area (TPSA) is 21.3 Å². The summed E-state index contributed by atoms with van der Waals surface area (Å²) in [7, 11) is 3.64. The minimum atomic E-state index is 0.0565. The molecule has 102 valence electrons. The summed E-state index contributed by atoms with van der Waals surface area (Å²) in [5, 5.41) is 6.26. The van der Waals surface area contributed by atoms with E-state index in [1.807, 2.05) is 20.0 Å². The minimum absolute atomic E-state index is 0.0565. The summed E-state index contributed by atoms with van der Waals surface area (Å²) in [6.45, 7) is 4.11. The third kappa shape index (κ3) is 2.78. The predicted octanol–water partition coefficient (Wildman–Crippen LogP) is 4.34. The number of benzene rings is 1. The van der Waals surface area contributed by atoms with Crippen LogP contribution in [0.25, 0.3) is 0 Å². The highest BCUT2D eigenvalue weighted by molar-refractivity contribution is 7.10. The molecule has 1 N–H and O–H groups in total. The molecule has 1 heterocycles. The van der Waals surface area contributed by atoms with E-state index in [2.05, 4.69) is 29.8 Å². The summed E-state index contributed by atoms with van der Waals surface area (Å²) in [5.41, 5.74) is 3.45. The number of ether oxygens (including phenoxy) is 1. The SMILES string of the molecule is CNC(c1cc(C)ccc1OC)c1scc(C)c1Cl. The fraction of sp³-hybridized carbons (Fsp3) is 0.333. The van der Waals surface area contributed by atoms with Crippen LogP contribution < -0.4 is 10.1 Å². The highest BCUT2D eigenvalue weighted by Gasteiger charge is 2.21. The molecule has 0 fully saturated rings. The van der Waals surface area contributed by atoms with E-state index in [1.54, 1.807) is 18.4 Å². The Hall–Kier alpha value is -1.03. The van der Waals surface area contributed by atoms with Gasteiger partial charge in [0.05, 0.1) is 18.2 Å². The normalized spacial score (nSPS) is 12.5. The molecule has 0 saturated heterocycles. The third-order valence-electron chi connectivity index (χ3n) is 3.17. The Labute approximate surface area is 123 Å². The first-order valence-electron chi connectivity index (χ1n) is 6.13. The summed E-state index contributed by atoms with van der Waals surface area (Å²) >= 11 is 8.08. The van der Waals surface area contributed by atoms with E-state index in [4.69, 9.17) is 16.3 Å². The molecule has 1 unspecified atom stereocenters. The van der Waals surface area contributed by atoms with Crippen molar-refractivity contribution in [3.63, 3.8) is 0 Å². The first-order chi connectivity index (χ1) is 9.08. The second-order valence-electron chi connectivity index (χ2n) is 4.56. The van der Waals surface area contributed by atoms with Crippen LogP contribution in [0, 0.1) is 13.8 Å². The summed E-state index contributed by atoms with van der Waals surface area (Å²) in [4.78, 5) is 1.13. The zero-order valence-electron chi connectivity index (χ0n) is 11.6. The second kappa shape index (κ2) is 5.95. The number of rotatable bonds is 4. The molecule has 19 heavy (non-hydrogen) atoms. The number of halogens is 1. The Morgan fingerprint density at radius 2 is 2.05 bits per heavy atom. The van der Waals surface area contributed by atoms with Crippen molar-refractivity contribution in [2.45, 2.75) is 19.9 Å². The standard InChI is InChI=1S/C15H18ClNOS/c1-9-5-6-12(18-4)11(7-9)14(17-3)15-13(16)10(2)8-19-15/h5-8,14,17H,1-4H3. The molecule has 0 aliphatic heterocycles. The van der Waals surface area contributed by atoms with Crippen LogP contribution in [0.2, 0.25) is 5.02 Å². The Morgan fingerprint density at radius 3 is 2.58 bits per heavy atom. The second-order valence-corrected chi connectivity index (χ2v) is 5.85. The Kier molecular flexibility index (Phi) is 4.50. The maximum absolute atomic E-state index is 6.40. The van der Waals surface area contributed by atoms with Gasteiger partial charge in [-0.05, 0) is 37.9 Å². The predicted molar refractivity (Wildman–Crippen MR) is 82.7 cm³/mol. The molecule has 0 saturated carbocycles. The van der Waals surface area contributed by atoms with Crippen LogP contribution in [0.15, 0.2) is 23.6 Å². The van der Waals surface area contributed by atoms with Crippen molar-refractivity contribution in [1.29, 1.82) is 0 Å². The van der Waals surface area contributed by atoms with Crippen molar-refractivity contribution in [2.75, 3.05) is 14.2 Å². The van der Waals surface area contributed by atoms with Crippen molar-refractivity contribution < 1.29 is 4.74 Å². The molecule has 1 aromatic carbocycles. The van der Waals surface area contributed by atoms with Crippen LogP contribution in [-0.2, 0) is 0 Å². The van der Waals surface area contributed by atoms with Gasteiger partial charge < -0.3 is 10.1 Å². The molecule has 0 aliphatic carbocycles. The largest absolute Gasteiger partial charge is 0.496 e. The molecular weight excluding hydrogens is 278 g/mol. The van der Waals surface area contributed by atoms with Crippen LogP contribution in [-0.4, -0.2) is 14.2 Å².